The van der Waals surface area contributed by atoms with Crippen molar-refractivity contribution in [3.05, 3.63) is 47.3 Å². The summed E-state index contributed by atoms with van der Waals surface area (Å²) in [5, 5.41) is 6.01. The molecule has 0 unspecified atom stereocenters. The molecule has 6 heteroatoms. The van der Waals surface area contributed by atoms with E-state index in [4.69, 9.17) is 0 Å². The van der Waals surface area contributed by atoms with Crippen LogP contribution < -0.4 is 10.6 Å². The van der Waals surface area contributed by atoms with Crippen LogP contribution in [0.15, 0.2) is 30.6 Å². The van der Waals surface area contributed by atoms with Crippen LogP contribution in [-0.2, 0) is 0 Å². The number of nitrogens with one attached hydrogen (secondary N) is 2. The van der Waals surface area contributed by atoms with E-state index in [1.165, 1.54) is 12.4 Å². The SMILES string of the molecule is Cc1ccc(C)c(NC(=O)c2cnc(NCCN(C)C)nc2)c1. The third-order valence-electron chi connectivity index (χ3n) is 3.40. The lowest BCUT2D eigenvalue weighted by Gasteiger charge is -2.11. The van der Waals surface area contributed by atoms with Gasteiger partial charge in [0.15, 0.2) is 0 Å². The first kappa shape index (κ1) is 16.9. The highest BCUT2D eigenvalue weighted by atomic mass is 16.1. The number of hydrogen-bond acceptors (Lipinski definition) is 5. The Balaban J connectivity index is 1.98. The van der Waals surface area contributed by atoms with Gasteiger partial charge in [0.1, 0.15) is 0 Å². The van der Waals surface area contributed by atoms with Gasteiger partial charge in [-0.1, -0.05) is 12.1 Å². The van der Waals surface area contributed by atoms with Crippen LogP contribution in [0.2, 0.25) is 0 Å². The maximum Gasteiger partial charge on any atom is 0.258 e. The molecule has 122 valence electrons. The summed E-state index contributed by atoms with van der Waals surface area (Å²) < 4.78 is 0. The van der Waals surface area contributed by atoms with Crippen molar-refractivity contribution in [1.29, 1.82) is 0 Å². The summed E-state index contributed by atoms with van der Waals surface area (Å²) in [6, 6.07) is 5.95. The highest BCUT2D eigenvalue weighted by Crippen LogP contribution is 2.17. The van der Waals surface area contributed by atoms with E-state index in [-0.39, 0.29) is 5.91 Å². The quantitative estimate of drug-likeness (QED) is 0.856. The van der Waals surface area contributed by atoms with Crippen LogP contribution in [-0.4, -0.2) is 48.0 Å². The molecule has 2 aromatic rings. The van der Waals surface area contributed by atoms with Crippen LogP contribution in [0.1, 0.15) is 21.5 Å². The van der Waals surface area contributed by atoms with Gasteiger partial charge in [-0.05, 0) is 45.1 Å². The summed E-state index contributed by atoms with van der Waals surface area (Å²) in [5.41, 5.74) is 3.36. The van der Waals surface area contributed by atoms with Gasteiger partial charge in [0.05, 0.1) is 5.56 Å². The number of benzene rings is 1. The monoisotopic (exact) mass is 313 g/mol. The van der Waals surface area contributed by atoms with Crippen molar-refractivity contribution in [2.75, 3.05) is 37.8 Å². The fraction of sp³-hybridized carbons (Fsp3) is 0.353. The second-order valence-electron chi connectivity index (χ2n) is 5.80. The van der Waals surface area contributed by atoms with Crippen LogP contribution in [0, 0.1) is 13.8 Å². The lowest BCUT2D eigenvalue weighted by atomic mass is 10.1. The smallest absolute Gasteiger partial charge is 0.258 e. The van der Waals surface area contributed by atoms with Crippen molar-refractivity contribution in [1.82, 2.24) is 14.9 Å². The standard InChI is InChI=1S/C17H23N5O/c1-12-5-6-13(2)15(9-12)21-16(23)14-10-19-17(20-11-14)18-7-8-22(3)4/h5-6,9-11H,7-8H2,1-4H3,(H,21,23)(H,18,19,20). The van der Waals surface area contributed by atoms with Crippen LogP contribution in [0.5, 0.6) is 0 Å². The van der Waals surface area contributed by atoms with Crippen molar-refractivity contribution in [2.45, 2.75) is 13.8 Å². The van der Waals surface area contributed by atoms with E-state index < -0.39 is 0 Å². The van der Waals surface area contributed by atoms with Crippen LogP contribution in [0.25, 0.3) is 0 Å². The molecule has 0 aliphatic heterocycles. The first-order valence-electron chi connectivity index (χ1n) is 7.55. The van der Waals surface area contributed by atoms with Gasteiger partial charge in [0.25, 0.3) is 5.91 Å². The topological polar surface area (TPSA) is 70.2 Å². The maximum atomic E-state index is 12.3. The molecule has 0 atom stereocenters. The molecule has 0 aliphatic rings. The van der Waals surface area contributed by atoms with Crippen molar-refractivity contribution in [3.8, 4) is 0 Å². The van der Waals surface area contributed by atoms with Gasteiger partial charge < -0.3 is 15.5 Å². The minimum Gasteiger partial charge on any atom is -0.353 e. The number of aromatic nitrogens is 2. The Bertz CT molecular complexity index is 667. The van der Waals surface area contributed by atoms with Gasteiger partial charge in [0, 0.05) is 31.2 Å². The molecule has 1 aromatic heterocycles. The Morgan fingerprint density at radius 1 is 1.17 bits per heavy atom. The number of aryl methyl sites for hydroxylation is 2. The van der Waals surface area contributed by atoms with E-state index in [1.54, 1.807) is 0 Å². The second kappa shape index (κ2) is 7.69. The number of carbonyl (C=O) groups is 1. The summed E-state index contributed by atoms with van der Waals surface area (Å²) in [5.74, 6) is 0.314. The molecule has 1 aromatic carbocycles. The number of nitrogens with zero attached hydrogens (tertiary/aromatic N) is 3. The maximum absolute atomic E-state index is 12.3. The molecule has 6 nitrogen and oxygen atoms in total. The predicted octanol–water partition coefficient (Wildman–Crippen LogP) is 2.32. The van der Waals surface area contributed by atoms with Gasteiger partial charge in [0.2, 0.25) is 5.95 Å². The minimum absolute atomic E-state index is 0.210. The fourth-order valence-electron chi connectivity index (χ4n) is 1.99. The zero-order chi connectivity index (χ0) is 16.8. The summed E-state index contributed by atoms with van der Waals surface area (Å²) in [7, 11) is 4.01. The molecule has 2 N–H and O–H groups in total. The Hall–Kier alpha value is -2.47. The Morgan fingerprint density at radius 2 is 1.87 bits per heavy atom. The van der Waals surface area contributed by atoms with Crippen molar-refractivity contribution in [3.63, 3.8) is 0 Å². The van der Waals surface area contributed by atoms with Crippen molar-refractivity contribution < 1.29 is 4.79 Å². The Labute approximate surface area is 137 Å². The largest absolute Gasteiger partial charge is 0.353 e. The molecule has 0 radical (unpaired) electrons. The van der Waals surface area contributed by atoms with Gasteiger partial charge in [-0.2, -0.15) is 0 Å². The van der Waals surface area contributed by atoms with E-state index >= 15 is 0 Å². The summed E-state index contributed by atoms with van der Waals surface area (Å²) >= 11 is 0. The van der Waals surface area contributed by atoms with Gasteiger partial charge >= 0.3 is 0 Å². The third kappa shape index (κ3) is 5.03. The molecular weight excluding hydrogens is 290 g/mol. The molecular formula is C17H23N5O. The number of likely N-dealkylation sites (N-methyl/N-ethyl adjacent to an activating group) is 1. The number of hydrogen-bond donors (Lipinski definition) is 2. The van der Waals surface area contributed by atoms with E-state index in [2.05, 4.69) is 25.5 Å². The van der Waals surface area contributed by atoms with E-state index in [1.807, 2.05) is 46.1 Å². The Kier molecular flexibility index (Phi) is 5.65. The van der Waals surface area contributed by atoms with E-state index in [0.717, 1.165) is 29.9 Å². The first-order valence-corrected chi connectivity index (χ1v) is 7.55. The van der Waals surface area contributed by atoms with E-state index in [9.17, 15) is 4.79 Å². The summed E-state index contributed by atoms with van der Waals surface area (Å²) in [6.07, 6.45) is 3.07. The van der Waals surface area contributed by atoms with Crippen LogP contribution in [0.3, 0.4) is 0 Å². The second-order valence-corrected chi connectivity index (χ2v) is 5.80. The fourth-order valence-corrected chi connectivity index (χ4v) is 1.99. The molecule has 1 heterocycles. The minimum atomic E-state index is -0.210. The zero-order valence-corrected chi connectivity index (χ0v) is 14.1. The molecule has 0 bridgehead atoms. The lowest BCUT2D eigenvalue weighted by Crippen LogP contribution is -2.21. The molecule has 1 amide bonds. The molecule has 0 fully saturated rings. The van der Waals surface area contributed by atoms with Crippen LogP contribution >= 0.6 is 0 Å². The molecule has 0 spiro atoms. The van der Waals surface area contributed by atoms with Gasteiger partial charge in [-0.3, -0.25) is 4.79 Å². The number of carbonyl (C=O) groups excluding carboxylic acids is 1. The summed E-state index contributed by atoms with van der Waals surface area (Å²) in [4.78, 5) is 22.7. The molecule has 2 rings (SSSR count). The normalized spacial score (nSPS) is 10.7. The molecule has 0 saturated heterocycles. The predicted molar refractivity (Wildman–Crippen MR) is 92.9 cm³/mol. The van der Waals surface area contributed by atoms with Crippen LogP contribution in [0.4, 0.5) is 11.6 Å². The first-order chi connectivity index (χ1) is 11.0. The molecule has 0 aliphatic carbocycles. The average Bonchev–Trinajstić information content (AvgIpc) is 2.51. The number of rotatable bonds is 6. The highest BCUT2D eigenvalue weighted by molar-refractivity contribution is 6.04. The third-order valence-corrected chi connectivity index (χ3v) is 3.40. The van der Waals surface area contributed by atoms with Crippen molar-refractivity contribution >= 4 is 17.5 Å². The molecule has 0 saturated carbocycles. The van der Waals surface area contributed by atoms with Gasteiger partial charge in [-0.15, -0.1) is 0 Å². The summed E-state index contributed by atoms with van der Waals surface area (Å²) in [6.45, 7) is 5.59. The molecule has 23 heavy (non-hydrogen) atoms. The average molecular weight is 313 g/mol. The van der Waals surface area contributed by atoms with E-state index in [0.29, 0.717) is 11.5 Å². The van der Waals surface area contributed by atoms with Gasteiger partial charge in [-0.25, -0.2) is 9.97 Å². The Morgan fingerprint density at radius 3 is 2.52 bits per heavy atom. The highest BCUT2D eigenvalue weighted by Gasteiger charge is 2.09. The van der Waals surface area contributed by atoms with Crippen molar-refractivity contribution in [2.24, 2.45) is 0 Å². The number of anilines is 2. The lowest BCUT2D eigenvalue weighted by molar-refractivity contribution is 0.102. The zero-order valence-electron chi connectivity index (χ0n) is 14.1. The number of amides is 1.